The molecule has 7 nitrogen and oxygen atoms in total. The predicted octanol–water partition coefficient (Wildman–Crippen LogP) is 2.65. The van der Waals surface area contributed by atoms with Gasteiger partial charge in [0.1, 0.15) is 5.65 Å². The Balaban J connectivity index is 1.97. The number of nitrogens with one attached hydrogen (secondary N) is 1. The average molecular weight is 397 g/mol. The van der Waals surface area contributed by atoms with Crippen LogP contribution in [0.4, 0.5) is 11.6 Å². The van der Waals surface area contributed by atoms with Crippen molar-refractivity contribution in [1.29, 1.82) is 0 Å². The van der Waals surface area contributed by atoms with E-state index in [1.165, 1.54) is 19.4 Å². The Morgan fingerprint density at radius 1 is 1.30 bits per heavy atom. The minimum absolute atomic E-state index is 0.0961. The molecule has 0 saturated heterocycles. The molecule has 23 heavy (non-hydrogen) atoms. The molecule has 9 heteroatoms. The van der Waals surface area contributed by atoms with Gasteiger partial charge in [-0.1, -0.05) is 0 Å². The number of anilines is 2. The summed E-state index contributed by atoms with van der Waals surface area (Å²) in [5.74, 6) is 1.29. The number of pyridine rings is 2. The van der Waals surface area contributed by atoms with Crippen molar-refractivity contribution in [3.63, 3.8) is 0 Å². The van der Waals surface area contributed by atoms with Crippen LogP contribution in [0.5, 0.6) is 5.75 Å². The second-order valence-electron chi connectivity index (χ2n) is 4.86. The maximum atomic E-state index is 11.6. The van der Waals surface area contributed by atoms with Crippen LogP contribution in [-0.4, -0.2) is 36.2 Å². The van der Waals surface area contributed by atoms with Gasteiger partial charge in [-0.05, 0) is 28.1 Å². The molecule has 1 N–H and O–H groups in total. The highest BCUT2D eigenvalue weighted by molar-refractivity contribution is 9.10. The highest BCUT2D eigenvalue weighted by Crippen LogP contribution is 2.27. The van der Waals surface area contributed by atoms with Gasteiger partial charge in [-0.15, -0.1) is 0 Å². The van der Waals surface area contributed by atoms with Gasteiger partial charge >= 0.3 is 0 Å². The fourth-order valence-corrected chi connectivity index (χ4v) is 2.94. The lowest BCUT2D eigenvalue weighted by atomic mass is 10.4. The first-order chi connectivity index (χ1) is 10.9. The molecule has 0 aliphatic carbocycles. The van der Waals surface area contributed by atoms with E-state index in [9.17, 15) is 8.42 Å². The van der Waals surface area contributed by atoms with Crippen molar-refractivity contribution in [3.05, 3.63) is 41.3 Å². The number of ether oxygens (including phenoxy) is 1. The van der Waals surface area contributed by atoms with Gasteiger partial charge in [0.15, 0.2) is 27.2 Å². The predicted molar refractivity (Wildman–Crippen MR) is 90.1 cm³/mol. The number of methoxy groups -OCH3 is 1. The molecule has 0 aliphatic rings. The zero-order chi connectivity index (χ0) is 16.6. The Hall–Kier alpha value is -2.13. The second kappa shape index (κ2) is 5.82. The van der Waals surface area contributed by atoms with Gasteiger partial charge < -0.3 is 14.5 Å². The van der Waals surface area contributed by atoms with E-state index < -0.39 is 9.84 Å². The molecule has 0 radical (unpaired) electrons. The Morgan fingerprint density at radius 3 is 2.78 bits per heavy atom. The molecule has 0 unspecified atom stereocenters. The molecule has 0 saturated carbocycles. The van der Waals surface area contributed by atoms with E-state index in [0.717, 1.165) is 16.4 Å². The zero-order valence-corrected chi connectivity index (χ0v) is 14.7. The molecule has 0 amide bonds. The van der Waals surface area contributed by atoms with E-state index in [4.69, 9.17) is 4.74 Å². The smallest absolute Gasteiger partial charge is 0.177 e. The van der Waals surface area contributed by atoms with Crippen LogP contribution in [0.15, 0.2) is 46.2 Å². The second-order valence-corrected chi connectivity index (χ2v) is 7.79. The molecule has 0 fully saturated rings. The topological polar surface area (TPSA) is 85.6 Å². The maximum Gasteiger partial charge on any atom is 0.177 e. The number of aromatic nitrogens is 3. The molecule has 3 heterocycles. The quantitative estimate of drug-likeness (QED) is 0.729. The van der Waals surface area contributed by atoms with E-state index in [1.54, 1.807) is 6.20 Å². The first-order valence-electron chi connectivity index (χ1n) is 6.52. The molecule has 0 atom stereocenters. The summed E-state index contributed by atoms with van der Waals surface area (Å²) in [5, 5.41) is 3.03. The number of halogens is 1. The number of hydrogen-bond donors (Lipinski definition) is 1. The minimum atomic E-state index is -3.35. The van der Waals surface area contributed by atoms with Crippen LogP contribution < -0.4 is 10.1 Å². The van der Waals surface area contributed by atoms with Crippen molar-refractivity contribution in [1.82, 2.24) is 14.4 Å². The van der Waals surface area contributed by atoms with Crippen molar-refractivity contribution in [2.24, 2.45) is 0 Å². The highest BCUT2D eigenvalue weighted by Gasteiger charge is 2.14. The number of rotatable bonds is 4. The van der Waals surface area contributed by atoms with Gasteiger partial charge in [0.2, 0.25) is 0 Å². The highest BCUT2D eigenvalue weighted by atomic mass is 79.9. The Morgan fingerprint density at radius 2 is 2.09 bits per heavy atom. The van der Waals surface area contributed by atoms with E-state index in [1.807, 2.05) is 22.7 Å². The fraction of sp³-hybridized carbons (Fsp3) is 0.143. The van der Waals surface area contributed by atoms with Gasteiger partial charge in [0, 0.05) is 29.2 Å². The lowest BCUT2D eigenvalue weighted by molar-refractivity contribution is 0.413. The fourth-order valence-electron chi connectivity index (χ4n) is 2.03. The van der Waals surface area contributed by atoms with E-state index in [2.05, 4.69) is 31.2 Å². The van der Waals surface area contributed by atoms with Crippen molar-refractivity contribution < 1.29 is 13.2 Å². The maximum absolute atomic E-state index is 11.6. The number of fused-ring (bicyclic) bond motifs is 1. The van der Waals surface area contributed by atoms with Crippen LogP contribution in [0.3, 0.4) is 0 Å². The molecule has 0 spiro atoms. The van der Waals surface area contributed by atoms with Crippen molar-refractivity contribution in [3.8, 4) is 5.75 Å². The Labute approximate surface area is 141 Å². The standard InChI is InChI=1S/C14H13BrN4O3S/c1-22-11-5-10(23(2,20)21)6-16-14(11)18-12-8-19-7-9(15)3-4-13(19)17-12/h3-8H,1-2H3,(H,16,18). The largest absolute Gasteiger partial charge is 0.493 e. The lowest BCUT2D eigenvalue weighted by Gasteiger charge is -2.09. The summed E-state index contributed by atoms with van der Waals surface area (Å²) in [5.41, 5.74) is 0.766. The summed E-state index contributed by atoms with van der Waals surface area (Å²) < 4.78 is 31.2. The summed E-state index contributed by atoms with van der Waals surface area (Å²) in [6, 6.07) is 5.19. The van der Waals surface area contributed by atoms with E-state index in [-0.39, 0.29) is 4.90 Å². The molecular formula is C14H13BrN4O3S. The molecular weight excluding hydrogens is 384 g/mol. The average Bonchev–Trinajstić information content (AvgIpc) is 2.87. The SMILES string of the molecule is COc1cc(S(C)(=O)=O)cnc1Nc1cn2cc(Br)ccc2n1. The lowest BCUT2D eigenvalue weighted by Crippen LogP contribution is -2.02. The van der Waals surface area contributed by atoms with Gasteiger partial charge in [-0.25, -0.2) is 18.4 Å². The minimum Gasteiger partial charge on any atom is -0.493 e. The molecule has 3 aromatic heterocycles. The molecule has 0 aliphatic heterocycles. The van der Waals surface area contributed by atoms with Gasteiger partial charge in [0.25, 0.3) is 0 Å². The third-order valence-electron chi connectivity index (χ3n) is 3.14. The van der Waals surface area contributed by atoms with Crippen LogP contribution in [0.1, 0.15) is 0 Å². The number of hydrogen-bond acceptors (Lipinski definition) is 6. The van der Waals surface area contributed by atoms with Crippen LogP contribution in [0.2, 0.25) is 0 Å². The number of sulfone groups is 1. The Kier molecular flexibility index (Phi) is 3.99. The number of imidazole rings is 1. The first-order valence-corrected chi connectivity index (χ1v) is 9.20. The molecule has 120 valence electrons. The van der Waals surface area contributed by atoms with Gasteiger partial charge in [-0.3, -0.25) is 0 Å². The van der Waals surface area contributed by atoms with Gasteiger partial charge in [0.05, 0.1) is 18.2 Å². The molecule has 0 bridgehead atoms. The van der Waals surface area contributed by atoms with Crippen molar-refractivity contribution >= 4 is 43.1 Å². The summed E-state index contributed by atoms with van der Waals surface area (Å²) in [4.78, 5) is 8.63. The molecule has 3 rings (SSSR count). The number of nitrogens with zero attached hydrogens (tertiary/aromatic N) is 3. The van der Waals surface area contributed by atoms with Crippen molar-refractivity contribution in [2.75, 3.05) is 18.7 Å². The third-order valence-corrected chi connectivity index (χ3v) is 4.69. The van der Waals surface area contributed by atoms with E-state index in [0.29, 0.717) is 17.4 Å². The Bertz CT molecular complexity index is 985. The van der Waals surface area contributed by atoms with Crippen molar-refractivity contribution in [2.45, 2.75) is 4.90 Å². The summed E-state index contributed by atoms with van der Waals surface area (Å²) in [6.07, 6.45) is 6.08. The van der Waals surface area contributed by atoms with E-state index >= 15 is 0 Å². The first kappa shape index (κ1) is 15.8. The van der Waals surface area contributed by atoms with Gasteiger partial charge in [-0.2, -0.15) is 0 Å². The summed E-state index contributed by atoms with van der Waals surface area (Å²) in [6.45, 7) is 0. The van der Waals surface area contributed by atoms with Crippen LogP contribution in [-0.2, 0) is 9.84 Å². The van der Waals surface area contributed by atoms with Crippen LogP contribution >= 0.6 is 15.9 Å². The molecule has 3 aromatic rings. The third kappa shape index (κ3) is 3.30. The summed E-state index contributed by atoms with van der Waals surface area (Å²) >= 11 is 3.40. The van der Waals surface area contributed by atoms with Crippen LogP contribution in [0.25, 0.3) is 5.65 Å². The van der Waals surface area contributed by atoms with Crippen LogP contribution in [0, 0.1) is 0 Å². The monoisotopic (exact) mass is 396 g/mol. The molecule has 0 aromatic carbocycles. The zero-order valence-electron chi connectivity index (χ0n) is 12.3. The summed E-state index contributed by atoms with van der Waals surface area (Å²) in [7, 11) is -1.89. The normalized spacial score (nSPS) is 11.6.